The Morgan fingerprint density at radius 3 is 1.82 bits per heavy atom. The van der Waals surface area contributed by atoms with Crippen LogP contribution in [0, 0.1) is 11.8 Å². The molecule has 0 fully saturated rings. The number of alkyl halides is 3. The molecule has 0 radical (unpaired) electrons. The average molecular weight is 559 g/mol. The van der Waals surface area contributed by atoms with Gasteiger partial charge in [-0.3, -0.25) is 19.2 Å². The Balaban J connectivity index is 2.73. The number of hydrogen-bond donors (Lipinski definition) is 4. The maximum atomic E-state index is 12.9. The number of ether oxygens (including phenoxy) is 1. The maximum Gasteiger partial charge on any atom is 0.452 e. The van der Waals surface area contributed by atoms with Gasteiger partial charge in [-0.25, -0.2) is 4.79 Å². The number of rotatable bonds is 13. The van der Waals surface area contributed by atoms with Gasteiger partial charge in [0.1, 0.15) is 24.7 Å². The highest BCUT2D eigenvalue weighted by atomic mass is 19.4. The van der Waals surface area contributed by atoms with Crippen LogP contribution in [0.15, 0.2) is 30.3 Å². The summed E-state index contributed by atoms with van der Waals surface area (Å²) in [6.07, 6.45) is -6.22. The van der Waals surface area contributed by atoms with E-state index >= 15 is 0 Å². The van der Waals surface area contributed by atoms with Crippen LogP contribution in [0.5, 0.6) is 0 Å². The van der Waals surface area contributed by atoms with Crippen LogP contribution in [-0.4, -0.2) is 59.9 Å². The Bertz CT molecular complexity index is 1000. The molecule has 4 atom stereocenters. The Morgan fingerprint density at radius 1 is 0.769 bits per heavy atom. The number of hydrogen-bond acceptors (Lipinski definition) is 6. The Hall–Kier alpha value is -3.64. The molecule has 13 heteroatoms. The van der Waals surface area contributed by atoms with Crippen LogP contribution in [0.25, 0.3) is 0 Å². The molecule has 4 unspecified atom stereocenters. The van der Waals surface area contributed by atoms with Crippen molar-refractivity contribution in [3.8, 4) is 0 Å². The van der Waals surface area contributed by atoms with Crippen molar-refractivity contribution in [1.82, 2.24) is 21.3 Å². The molecule has 0 saturated carbocycles. The van der Waals surface area contributed by atoms with Crippen molar-refractivity contribution in [2.75, 3.05) is 0 Å². The number of halogens is 3. The molecule has 218 valence electrons. The zero-order chi connectivity index (χ0) is 29.9. The van der Waals surface area contributed by atoms with Gasteiger partial charge in [-0.15, -0.1) is 0 Å². The molecule has 0 heterocycles. The normalized spacial score (nSPS) is 14.5. The number of Topliss-reactive ketones (excluding diaryl/α,β-unsaturated/α-hetero) is 1. The van der Waals surface area contributed by atoms with Gasteiger partial charge in [-0.05, 0) is 37.7 Å². The molecule has 0 aliphatic heterocycles. The summed E-state index contributed by atoms with van der Waals surface area (Å²) in [5, 5.41) is 9.26. The van der Waals surface area contributed by atoms with E-state index in [-0.39, 0.29) is 18.9 Å². The smallest absolute Gasteiger partial charge is 0.445 e. The largest absolute Gasteiger partial charge is 0.452 e. The molecule has 1 aromatic carbocycles. The molecule has 4 N–H and O–H groups in total. The number of ketones is 1. The molecule has 10 nitrogen and oxygen atoms in total. The van der Waals surface area contributed by atoms with Crippen LogP contribution < -0.4 is 21.3 Å². The molecule has 0 saturated heterocycles. The first-order valence-corrected chi connectivity index (χ1v) is 12.5. The molecule has 0 aliphatic carbocycles. The molecule has 0 spiro atoms. The summed E-state index contributed by atoms with van der Waals surface area (Å²) in [7, 11) is 0. The number of carbonyl (C=O) groups is 5. The molecule has 0 aliphatic rings. The third-order valence-corrected chi connectivity index (χ3v) is 5.56. The van der Waals surface area contributed by atoms with Crippen LogP contribution in [0.4, 0.5) is 18.0 Å². The predicted octanol–water partition coefficient (Wildman–Crippen LogP) is 2.61. The number of amides is 4. The van der Waals surface area contributed by atoms with Crippen molar-refractivity contribution in [3.63, 3.8) is 0 Å². The second-order valence-electron chi connectivity index (χ2n) is 9.94. The summed E-state index contributed by atoms with van der Waals surface area (Å²) in [6, 6.07) is 3.56. The van der Waals surface area contributed by atoms with Crippen molar-refractivity contribution >= 4 is 29.6 Å². The van der Waals surface area contributed by atoms with Crippen LogP contribution in [0.1, 0.15) is 53.5 Å². The van der Waals surface area contributed by atoms with E-state index in [4.69, 9.17) is 4.74 Å². The van der Waals surface area contributed by atoms with Gasteiger partial charge in [0.2, 0.25) is 17.7 Å². The van der Waals surface area contributed by atoms with Crippen molar-refractivity contribution in [1.29, 1.82) is 0 Å². The lowest BCUT2D eigenvalue weighted by Gasteiger charge is -2.26. The Kier molecular flexibility index (Phi) is 12.9. The van der Waals surface area contributed by atoms with Crippen LogP contribution in [-0.2, 0) is 30.5 Å². The van der Waals surface area contributed by atoms with Gasteiger partial charge in [-0.1, -0.05) is 58.0 Å². The first kappa shape index (κ1) is 33.4. The van der Waals surface area contributed by atoms with E-state index in [2.05, 4.69) is 21.3 Å². The van der Waals surface area contributed by atoms with E-state index in [0.29, 0.717) is 0 Å². The number of carbonyl (C=O) groups excluding carboxylic acids is 5. The first-order chi connectivity index (χ1) is 18.0. The molecular formula is C26H37F3N4O6. The Morgan fingerprint density at radius 2 is 1.31 bits per heavy atom. The van der Waals surface area contributed by atoms with Gasteiger partial charge in [-0.2, -0.15) is 13.2 Å². The van der Waals surface area contributed by atoms with Gasteiger partial charge in [0.25, 0.3) is 5.78 Å². The van der Waals surface area contributed by atoms with Crippen molar-refractivity contribution in [3.05, 3.63) is 35.9 Å². The van der Waals surface area contributed by atoms with Gasteiger partial charge in [0.15, 0.2) is 0 Å². The van der Waals surface area contributed by atoms with Gasteiger partial charge in [0, 0.05) is 0 Å². The Labute approximate surface area is 225 Å². The van der Waals surface area contributed by atoms with E-state index in [1.807, 2.05) is 6.07 Å². The lowest BCUT2D eigenvalue weighted by Crippen LogP contribution is -2.58. The van der Waals surface area contributed by atoms with E-state index in [9.17, 15) is 37.1 Å². The van der Waals surface area contributed by atoms with Gasteiger partial charge >= 0.3 is 12.3 Å². The minimum absolute atomic E-state index is 0.00934. The third kappa shape index (κ3) is 11.7. The summed E-state index contributed by atoms with van der Waals surface area (Å²) < 4.78 is 43.9. The summed E-state index contributed by atoms with van der Waals surface area (Å²) in [4.78, 5) is 61.7. The summed E-state index contributed by atoms with van der Waals surface area (Å²) in [5.74, 6) is -5.33. The monoisotopic (exact) mass is 558 g/mol. The average Bonchev–Trinajstić information content (AvgIpc) is 2.84. The first-order valence-electron chi connectivity index (χ1n) is 12.5. The highest BCUT2D eigenvalue weighted by Crippen LogP contribution is 2.21. The maximum absolute atomic E-state index is 12.9. The highest BCUT2D eigenvalue weighted by molar-refractivity contribution is 5.96. The van der Waals surface area contributed by atoms with E-state index < -0.39 is 65.9 Å². The molecule has 0 bridgehead atoms. The second-order valence-corrected chi connectivity index (χ2v) is 9.94. The standard InChI is InChI=1S/C26H37F3N4O6/c1-14(2)12-19(21(34)26(27,28)29)32-22(35)16(5)30-24(37)20(15(3)4)33-23(36)17(6)31-25(38)39-13-18-10-8-7-9-11-18/h7-11,14-17,19-20H,12-13H2,1-6H3,(H,30,37)(H,31,38)(H,32,35)(H,33,36). The quantitative estimate of drug-likeness (QED) is 0.293. The van der Waals surface area contributed by atoms with Gasteiger partial charge < -0.3 is 26.0 Å². The molecule has 1 aromatic rings. The fourth-order valence-electron chi connectivity index (χ4n) is 3.39. The third-order valence-electron chi connectivity index (χ3n) is 5.56. The highest BCUT2D eigenvalue weighted by Gasteiger charge is 2.44. The summed E-state index contributed by atoms with van der Waals surface area (Å²) >= 11 is 0. The van der Waals surface area contributed by atoms with Crippen molar-refractivity contribution in [2.45, 2.75) is 84.9 Å². The second kappa shape index (κ2) is 15.1. The minimum Gasteiger partial charge on any atom is -0.445 e. The minimum atomic E-state index is -5.13. The SMILES string of the molecule is CC(C)CC(NC(=O)C(C)NC(=O)C(NC(=O)C(C)NC(=O)OCc1ccccc1)C(C)C)C(=O)C(F)(F)F. The lowest BCUT2D eigenvalue weighted by atomic mass is 9.99. The topological polar surface area (TPSA) is 143 Å². The predicted molar refractivity (Wildman–Crippen MR) is 136 cm³/mol. The molecule has 4 amide bonds. The van der Waals surface area contributed by atoms with E-state index in [0.717, 1.165) is 5.56 Å². The molecule has 0 aromatic heterocycles. The van der Waals surface area contributed by atoms with Gasteiger partial charge in [0.05, 0.1) is 6.04 Å². The zero-order valence-electron chi connectivity index (χ0n) is 22.8. The summed E-state index contributed by atoms with van der Waals surface area (Å²) in [6.45, 7) is 9.07. The molecule has 39 heavy (non-hydrogen) atoms. The van der Waals surface area contributed by atoms with Crippen LogP contribution in [0.2, 0.25) is 0 Å². The zero-order valence-corrected chi connectivity index (χ0v) is 22.8. The van der Waals surface area contributed by atoms with Crippen molar-refractivity contribution in [2.24, 2.45) is 11.8 Å². The van der Waals surface area contributed by atoms with E-state index in [1.54, 1.807) is 52.0 Å². The van der Waals surface area contributed by atoms with Crippen LogP contribution >= 0.6 is 0 Å². The molecular weight excluding hydrogens is 521 g/mol. The fourth-order valence-corrected chi connectivity index (χ4v) is 3.39. The summed E-state index contributed by atoms with van der Waals surface area (Å²) in [5.41, 5.74) is 0.748. The number of benzene rings is 1. The number of nitrogens with one attached hydrogen (secondary N) is 4. The van der Waals surface area contributed by atoms with Crippen LogP contribution in [0.3, 0.4) is 0 Å². The number of alkyl carbamates (subject to hydrolysis) is 1. The van der Waals surface area contributed by atoms with Crippen molar-refractivity contribution < 1.29 is 41.9 Å². The fraction of sp³-hybridized carbons (Fsp3) is 0.577. The lowest BCUT2D eigenvalue weighted by molar-refractivity contribution is -0.174. The molecule has 1 rings (SSSR count). The van der Waals surface area contributed by atoms with E-state index in [1.165, 1.54) is 13.8 Å².